The highest BCUT2D eigenvalue weighted by molar-refractivity contribution is 5.63. The zero-order chi connectivity index (χ0) is 13.7. The minimum Gasteiger partial charge on any atom is -0.381 e. The van der Waals surface area contributed by atoms with Crippen molar-refractivity contribution in [2.24, 2.45) is 5.92 Å². The van der Waals surface area contributed by atoms with Gasteiger partial charge >= 0.3 is 0 Å². The number of hydrogen-bond donors (Lipinski definition) is 1. The average molecular weight is 263 g/mol. The number of benzene rings is 1. The Morgan fingerprint density at radius 1 is 1.63 bits per heavy atom. The van der Waals surface area contributed by atoms with Gasteiger partial charge in [0.15, 0.2) is 0 Å². The van der Waals surface area contributed by atoms with E-state index in [1.165, 1.54) is 18.2 Å². The van der Waals surface area contributed by atoms with Gasteiger partial charge in [0, 0.05) is 18.6 Å². The van der Waals surface area contributed by atoms with Gasteiger partial charge in [-0.3, -0.25) is 20.4 Å². The molecule has 0 radical (unpaired) electrons. The van der Waals surface area contributed by atoms with Crippen molar-refractivity contribution in [2.45, 2.75) is 6.42 Å². The van der Waals surface area contributed by atoms with E-state index in [1.807, 2.05) is 6.07 Å². The Balaban J connectivity index is 2.00. The molecule has 0 aliphatic carbocycles. The van der Waals surface area contributed by atoms with Crippen LogP contribution in [0.3, 0.4) is 0 Å². The van der Waals surface area contributed by atoms with Crippen molar-refractivity contribution in [1.29, 1.82) is 5.26 Å². The third-order valence-corrected chi connectivity index (χ3v) is 2.85. The summed E-state index contributed by atoms with van der Waals surface area (Å²) in [6, 6.07) is 6.00. The molecule has 1 fully saturated rings. The van der Waals surface area contributed by atoms with Gasteiger partial charge in [-0.05, 0) is 18.6 Å². The number of ether oxygens (including phenoxy) is 1. The second-order valence-corrected chi connectivity index (χ2v) is 4.24. The molecule has 19 heavy (non-hydrogen) atoms. The predicted molar refractivity (Wildman–Crippen MR) is 66.3 cm³/mol. The van der Waals surface area contributed by atoms with E-state index < -0.39 is 4.92 Å². The van der Waals surface area contributed by atoms with Crippen LogP contribution in [0.5, 0.6) is 0 Å². The van der Waals surface area contributed by atoms with Crippen LogP contribution in [0.4, 0.5) is 11.4 Å². The van der Waals surface area contributed by atoms with Gasteiger partial charge in [-0.25, -0.2) is 0 Å². The first-order valence-corrected chi connectivity index (χ1v) is 5.85. The lowest BCUT2D eigenvalue weighted by Gasteiger charge is -2.10. The molecule has 1 atom stereocenters. The zero-order valence-electron chi connectivity index (χ0n) is 10.2. The maximum Gasteiger partial charge on any atom is 0.294 e. The fraction of sp³-hybridized carbons (Fsp3) is 0.417. The van der Waals surface area contributed by atoms with Crippen molar-refractivity contribution in [3.05, 3.63) is 33.9 Å². The van der Waals surface area contributed by atoms with E-state index in [1.54, 1.807) is 0 Å². The molecular weight excluding hydrogens is 250 g/mol. The van der Waals surface area contributed by atoms with E-state index in [9.17, 15) is 10.1 Å². The van der Waals surface area contributed by atoms with Gasteiger partial charge in [-0.15, -0.1) is 0 Å². The molecule has 7 heteroatoms. The largest absolute Gasteiger partial charge is 0.381 e. The van der Waals surface area contributed by atoms with Gasteiger partial charge in [0.2, 0.25) is 0 Å². The molecule has 0 spiro atoms. The summed E-state index contributed by atoms with van der Waals surface area (Å²) in [5, 5.41) is 19.6. The summed E-state index contributed by atoms with van der Waals surface area (Å²) in [5.74, 6) is 0.297. The molecule has 1 saturated heterocycles. The molecule has 0 saturated carbocycles. The van der Waals surface area contributed by atoms with Crippen LogP contribution in [-0.4, -0.2) is 24.7 Å². The standard InChI is InChI=1S/C12H13N3O4/c13-6-9-1-2-12(15(16)17)11(5-9)14-19-8-10-3-4-18-7-10/h1-2,5,10,14H,3-4,7-8H2. The van der Waals surface area contributed by atoms with Gasteiger partial charge in [0.25, 0.3) is 5.69 Å². The van der Waals surface area contributed by atoms with Crippen LogP contribution in [0.2, 0.25) is 0 Å². The molecule has 0 amide bonds. The van der Waals surface area contributed by atoms with E-state index >= 15 is 0 Å². The number of nitriles is 1. The fourth-order valence-electron chi connectivity index (χ4n) is 1.80. The molecule has 1 aliphatic rings. The Morgan fingerprint density at radius 3 is 3.11 bits per heavy atom. The number of nitro benzene ring substituents is 1. The Kier molecular flexibility index (Phi) is 4.28. The Morgan fingerprint density at radius 2 is 2.47 bits per heavy atom. The molecule has 2 rings (SSSR count). The Hall–Kier alpha value is -2.17. The number of rotatable bonds is 5. The monoisotopic (exact) mass is 263 g/mol. The topological polar surface area (TPSA) is 97.4 Å². The van der Waals surface area contributed by atoms with Crippen LogP contribution in [0, 0.1) is 27.4 Å². The molecule has 1 aromatic rings. The van der Waals surface area contributed by atoms with Gasteiger partial charge in [0.05, 0.1) is 29.8 Å². The average Bonchev–Trinajstić information content (AvgIpc) is 2.91. The minimum absolute atomic E-state index is 0.123. The van der Waals surface area contributed by atoms with Crippen LogP contribution in [-0.2, 0) is 9.57 Å². The highest BCUT2D eigenvalue weighted by atomic mass is 16.6. The third-order valence-electron chi connectivity index (χ3n) is 2.85. The molecule has 1 aliphatic heterocycles. The van der Waals surface area contributed by atoms with E-state index in [4.69, 9.17) is 14.8 Å². The van der Waals surface area contributed by atoms with E-state index in [-0.39, 0.29) is 11.4 Å². The van der Waals surface area contributed by atoms with E-state index in [2.05, 4.69) is 5.48 Å². The SMILES string of the molecule is N#Cc1ccc([N+](=O)[O-])c(NOCC2CCOC2)c1. The van der Waals surface area contributed by atoms with Crippen LogP contribution in [0.15, 0.2) is 18.2 Å². The summed E-state index contributed by atoms with van der Waals surface area (Å²) < 4.78 is 5.20. The van der Waals surface area contributed by atoms with Crippen molar-refractivity contribution in [1.82, 2.24) is 0 Å². The first-order chi connectivity index (χ1) is 9.20. The molecule has 100 valence electrons. The summed E-state index contributed by atoms with van der Waals surface area (Å²) >= 11 is 0. The lowest BCUT2D eigenvalue weighted by molar-refractivity contribution is -0.384. The van der Waals surface area contributed by atoms with Crippen molar-refractivity contribution in [2.75, 3.05) is 25.3 Å². The third kappa shape index (κ3) is 3.40. The van der Waals surface area contributed by atoms with Crippen molar-refractivity contribution in [3.8, 4) is 6.07 Å². The second-order valence-electron chi connectivity index (χ2n) is 4.24. The zero-order valence-corrected chi connectivity index (χ0v) is 10.2. The number of nitrogens with zero attached hydrogens (tertiary/aromatic N) is 2. The Bertz CT molecular complexity index is 506. The lowest BCUT2D eigenvalue weighted by Crippen LogP contribution is -2.13. The molecule has 7 nitrogen and oxygen atoms in total. The molecule has 0 bridgehead atoms. The van der Waals surface area contributed by atoms with Crippen LogP contribution >= 0.6 is 0 Å². The summed E-state index contributed by atoms with van der Waals surface area (Å²) in [7, 11) is 0. The van der Waals surface area contributed by atoms with Crippen molar-refractivity contribution >= 4 is 11.4 Å². The van der Waals surface area contributed by atoms with Gasteiger partial charge in [-0.1, -0.05) is 0 Å². The molecule has 0 aromatic heterocycles. The quantitative estimate of drug-likeness (QED) is 0.643. The molecule has 1 heterocycles. The summed E-state index contributed by atoms with van der Waals surface area (Å²) in [4.78, 5) is 15.6. The number of nitrogens with one attached hydrogen (secondary N) is 1. The maximum absolute atomic E-state index is 10.8. The predicted octanol–water partition coefficient (Wildman–Crippen LogP) is 1.85. The summed E-state index contributed by atoms with van der Waals surface area (Å²) in [6.07, 6.45) is 0.919. The normalized spacial score (nSPS) is 17.9. The molecular formula is C12H13N3O4. The molecule has 1 unspecified atom stereocenters. The number of anilines is 1. The van der Waals surface area contributed by atoms with E-state index in [0.29, 0.717) is 24.7 Å². The first kappa shape index (κ1) is 13.3. The highest BCUT2D eigenvalue weighted by Gasteiger charge is 2.18. The molecule has 1 N–H and O–H groups in total. The number of nitro groups is 1. The lowest BCUT2D eigenvalue weighted by atomic mass is 10.1. The number of hydrogen-bond acceptors (Lipinski definition) is 6. The minimum atomic E-state index is -0.522. The van der Waals surface area contributed by atoms with Crippen molar-refractivity contribution in [3.63, 3.8) is 0 Å². The fourth-order valence-corrected chi connectivity index (χ4v) is 1.80. The van der Waals surface area contributed by atoms with Crippen LogP contribution in [0.25, 0.3) is 0 Å². The van der Waals surface area contributed by atoms with E-state index in [0.717, 1.165) is 13.0 Å². The summed E-state index contributed by atoms with van der Waals surface area (Å²) in [6.45, 7) is 1.77. The van der Waals surface area contributed by atoms with Crippen LogP contribution in [0.1, 0.15) is 12.0 Å². The van der Waals surface area contributed by atoms with Gasteiger partial charge in [-0.2, -0.15) is 5.26 Å². The van der Waals surface area contributed by atoms with Gasteiger partial charge in [0.1, 0.15) is 5.69 Å². The van der Waals surface area contributed by atoms with Crippen molar-refractivity contribution < 1.29 is 14.5 Å². The second kappa shape index (κ2) is 6.13. The van der Waals surface area contributed by atoms with Crippen LogP contribution < -0.4 is 5.48 Å². The first-order valence-electron chi connectivity index (χ1n) is 5.85. The maximum atomic E-state index is 10.8. The highest BCUT2D eigenvalue weighted by Crippen LogP contribution is 2.25. The Labute approximate surface area is 109 Å². The summed E-state index contributed by atoms with van der Waals surface area (Å²) in [5.41, 5.74) is 2.94. The smallest absolute Gasteiger partial charge is 0.294 e. The molecule has 1 aromatic carbocycles. The van der Waals surface area contributed by atoms with Gasteiger partial charge < -0.3 is 4.74 Å².